The first-order chi connectivity index (χ1) is 9.20. The third-order valence-electron chi connectivity index (χ3n) is 2.43. The molecule has 0 aliphatic rings. The minimum Gasteiger partial charge on any atom is -0.479 e. The zero-order valence-corrected chi connectivity index (χ0v) is 11.9. The van der Waals surface area contributed by atoms with Crippen LogP contribution < -0.4 is 10.1 Å². The molecule has 100 valence electrons. The van der Waals surface area contributed by atoms with Crippen LogP contribution in [0.1, 0.15) is 13.3 Å². The number of nitrogens with one attached hydrogen (secondary N) is 1. The van der Waals surface area contributed by atoms with Crippen molar-refractivity contribution in [3.8, 4) is 5.75 Å². The number of aromatic nitrogens is 1. The lowest BCUT2D eigenvalue weighted by Crippen LogP contribution is -2.32. The number of amides is 1. The van der Waals surface area contributed by atoms with Crippen molar-refractivity contribution in [1.82, 2.24) is 4.98 Å². The standard InChI is InChI=1S/C13H13ClN2O2S/c1-2-10(12(17)16-13-15-7-8-19-13)18-11-6-4-3-5-9(11)14/h3-8,10H,2H2,1H3,(H,15,16,17)/t10-/m0/s1. The fourth-order valence-electron chi connectivity index (χ4n) is 1.49. The van der Waals surface area contributed by atoms with E-state index in [9.17, 15) is 4.79 Å². The SMILES string of the molecule is CC[C@H](Oc1ccccc1Cl)C(=O)Nc1nccs1. The Morgan fingerprint density at radius 1 is 1.53 bits per heavy atom. The van der Waals surface area contributed by atoms with Gasteiger partial charge >= 0.3 is 0 Å². The number of halogens is 1. The first kappa shape index (κ1) is 13.8. The van der Waals surface area contributed by atoms with E-state index in [1.54, 1.807) is 23.7 Å². The molecule has 2 rings (SSSR count). The van der Waals surface area contributed by atoms with Crippen LogP contribution in [-0.4, -0.2) is 17.0 Å². The van der Waals surface area contributed by atoms with Gasteiger partial charge in [0.25, 0.3) is 5.91 Å². The summed E-state index contributed by atoms with van der Waals surface area (Å²) in [6, 6.07) is 7.09. The average Bonchev–Trinajstić information content (AvgIpc) is 2.90. The Morgan fingerprint density at radius 2 is 2.32 bits per heavy atom. The van der Waals surface area contributed by atoms with Crippen LogP contribution in [0.3, 0.4) is 0 Å². The van der Waals surface area contributed by atoms with Crippen LogP contribution in [0.2, 0.25) is 5.02 Å². The molecule has 2 aromatic rings. The van der Waals surface area contributed by atoms with Crippen molar-refractivity contribution in [1.29, 1.82) is 0 Å². The van der Waals surface area contributed by atoms with E-state index in [0.717, 1.165) is 0 Å². The Kier molecular flexibility index (Phi) is 4.76. The first-order valence-electron chi connectivity index (χ1n) is 5.82. The molecule has 1 aromatic carbocycles. The molecule has 6 heteroatoms. The fourth-order valence-corrected chi connectivity index (χ4v) is 2.20. The van der Waals surface area contributed by atoms with Gasteiger partial charge in [0.1, 0.15) is 5.75 Å². The highest BCUT2D eigenvalue weighted by molar-refractivity contribution is 7.13. The molecular weight excluding hydrogens is 284 g/mol. The maximum atomic E-state index is 12.0. The van der Waals surface area contributed by atoms with Crippen LogP contribution in [-0.2, 0) is 4.79 Å². The van der Waals surface area contributed by atoms with E-state index in [1.807, 2.05) is 19.1 Å². The zero-order valence-electron chi connectivity index (χ0n) is 10.3. The molecule has 1 N–H and O–H groups in total. The molecule has 1 amide bonds. The smallest absolute Gasteiger partial charge is 0.267 e. The Morgan fingerprint density at radius 3 is 2.95 bits per heavy atom. The van der Waals surface area contributed by atoms with Crippen LogP contribution in [0.15, 0.2) is 35.8 Å². The summed E-state index contributed by atoms with van der Waals surface area (Å²) >= 11 is 7.37. The number of para-hydroxylation sites is 1. The molecule has 0 radical (unpaired) electrons. The van der Waals surface area contributed by atoms with Crippen molar-refractivity contribution < 1.29 is 9.53 Å². The maximum absolute atomic E-state index is 12.0. The molecule has 0 saturated heterocycles. The molecule has 4 nitrogen and oxygen atoms in total. The second kappa shape index (κ2) is 6.54. The van der Waals surface area contributed by atoms with Gasteiger partial charge in [0.2, 0.25) is 0 Å². The van der Waals surface area contributed by atoms with Crippen molar-refractivity contribution >= 4 is 34.0 Å². The third-order valence-corrected chi connectivity index (χ3v) is 3.43. The lowest BCUT2D eigenvalue weighted by molar-refractivity contribution is -0.122. The Balaban J connectivity index is 2.04. The Hall–Kier alpha value is -1.59. The van der Waals surface area contributed by atoms with E-state index in [0.29, 0.717) is 22.3 Å². The molecule has 1 atom stereocenters. The lowest BCUT2D eigenvalue weighted by Gasteiger charge is -2.17. The summed E-state index contributed by atoms with van der Waals surface area (Å²) in [5.74, 6) is 0.280. The van der Waals surface area contributed by atoms with Gasteiger partial charge in [0, 0.05) is 11.6 Å². The van der Waals surface area contributed by atoms with Crippen molar-refractivity contribution in [2.75, 3.05) is 5.32 Å². The van der Waals surface area contributed by atoms with Gasteiger partial charge in [-0.25, -0.2) is 4.98 Å². The molecule has 0 saturated carbocycles. The summed E-state index contributed by atoms with van der Waals surface area (Å²) in [5, 5.41) is 5.56. The van der Waals surface area contributed by atoms with E-state index < -0.39 is 6.10 Å². The number of hydrogen-bond acceptors (Lipinski definition) is 4. The number of carbonyl (C=O) groups excluding carboxylic acids is 1. The van der Waals surface area contributed by atoms with Crippen LogP contribution in [0, 0.1) is 0 Å². The minimum atomic E-state index is -0.594. The number of hydrogen-bond donors (Lipinski definition) is 1. The van der Waals surface area contributed by atoms with Gasteiger partial charge in [-0.1, -0.05) is 30.7 Å². The van der Waals surface area contributed by atoms with Crippen molar-refractivity contribution in [3.63, 3.8) is 0 Å². The van der Waals surface area contributed by atoms with Gasteiger partial charge < -0.3 is 4.74 Å². The largest absolute Gasteiger partial charge is 0.479 e. The summed E-state index contributed by atoms with van der Waals surface area (Å²) in [4.78, 5) is 16.0. The highest BCUT2D eigenvalue weighted by Crippen LogP contribution is 2.25. The maximum Gasteiger partial charge on any atom is 0.267 e. The summed E-state index contributed by atoms with van der Waals surface area (Å²) in [5.41, 5.74) is 0. The van der Waals surface area contributed by atoms with Crippen LogP contribution in [0.5, 0.6) is 5.75 Å². The van der Waals surface area contributed by atoms with E-state index >= 15 is 0 Å². The lowest BCUT2D eigenvalue weighted by atomic mass is 10.2. The molecule has 19 heavy (non-hydrogen) atoms. The monoisotopic (exact) mass is 296 g/mol. The van der Waals surface area contributed by atoms with E-state index in [2.05, 4.69) is 10.3 Å². The molecule has 1 heterocycles. The number of benzene rings is 1. The predicted octanol–water partition coefficient (Wildman–Crippen LogP) is 3.59. The molecule has 0 fully saturated rings. The van der Waals surface area contributed by atoms with Crippen LogP contribution in [0.4, 0.5) is 5.13 Å². The van der Waals surface area contributed by atoms with Crippen molar-refractivity contribution in [2.45, 2.75) is 19.4 Å². The van der Waals surface area contributed by atoms with Crippen LogP contribution >= 0.6 is 22.9 Å². The molecule has 0 aliphatic carbocycles. The highest BCUT2D eigenvalue weighted by atomic mass is 35.5. The predicted molar refractivity (Wildman–Crippen MR) is 76.9 cm³/mol. The molecule has 0 bridgehead atoms. The number of ether oxygens (including phenoxy) is 1. The van der Waals surface area contributed by atoms with Gasteiger partial charge in [0.15, 0.2) is 11.2 Å². The van der Waals surface area contributed by atoms with Gasteiger partial charge in [-0.05, 0) is 18.6 Å². The zero-order chi connectivity index (χ0) is 13.7. The van der Waals surface area contributed by atoms with E-state index in [-0.39, 0.29) is 5.91 Å². The Labute approximate surface area is 120 Å². The van der Waals surface area contributed by atoms with Crippen molar-refractivity contribution in [2.24, 2.45) is 0 Å². The molecular formula is C13H13ClN2O2S. The van der Waals surface area contributed by atoms with Gasteiger partial charge in [0.05, 0.1) is 5.02 Å². The number of anilines is 1. The number of nitrogens with zero attached hydrogens (tertiary/aromatic N) is 1. The summed E-state index contributed by atoms with van der Waals surface area (Å²) in [6.07, 6.45) is 1.59. The molecule has 1 aromatic heterocycles. The molecule has 0 unspecified atom stereocenters. The summed E-state index contributed by atoms with van der Waals surface area (Å²) < 4.78 is 5.64. The van der Waals surface area contributed by atoms with Crippen LogP contribution in [0.25, 0.3) is 0 Å². The second-order valence-electron chi connectivity index (χ2n) is 3.77. The minimum absolute atomic E-state index is 0.225. The average molecular weight is 297 g/mol. The summed E-state index contributed by atoms with van der Waals surface area (Å²) in [6.45, 7) is 1.88. The quantitative estimate of drug-likeness (QED) is 0.917. The number of thiazole rings is 1. The van der Waals surface area contributed by atoms with Gasteiger partial charge in [-0.15, -0.1) is 11.3 Å². The second-order valence-corrected chi connectivity index (χ2v) is 5.07. The van der Waals surface area contributed by atoms with Crippen molar-refractivity contribution in [3.05, 3.63) is 40.9 Å². The highest BCUT2D eigenvalue weighted by Gasteiger charge is 2.20. The van der Waals surface area contributed by atoms with E-state index in [4.69, 9.17) is 16.3 Å². The number of carbonyl (C=O) groups is 1. The summed E-state index contributed by atoms with van der Waals surface area (Å²) in [7, 11) is 0. The topological polar surface area (TPSA) is 51.2 Å². The third kappa shape index (κ3) is 3.68. The molecule has 0 spiro atoms. The molecule has 0 aliphatic heterocycles. The van der Waals surface area contributed by atoms with Gasteiger partial charge in [-0.2, -0.15) is 0 Å². The van der Waals surface area contributed by atoms with E-state index in [1.165, 1.54) is 11.3 Å². The first-order valence-corrected chi connectivity index (χ1v) is 7.08. The fraction of sp³-hybridized carbons (Fsp3) is 0.231. The van der Waals surface area contributed by atoms with Gasteiger partial charge in [-0.3, -0.25) is 10.1 Å². The number of rotatable bonds is 5. The Bertz CT molecular complexity index is 545. The normalized spacial score (nSPS) is 11.9.